The highest BCUT2D eigenvalue weighted by Crippen LogP contribution is 2.21. The van der Waals surface area contributed by atoms with Crippen molar-refractivity contribution in [3.05, 3.63) is 58.4 Å². The van der Waals surface area contributed by atoms with Crippen molar-refractivity contribution in [2.24, 2.45) is 0 Å². The maximum Gasteiger partial charge on any atom is 0.255 e. The Balaban J connectivity index is 2.10. The molecule has 0 saturated heterocycles. The van der Waals surface area contributed by atoms with Gasteiger partial charge in [-0.15, -0.1) is 0 Å². The molecule has 0 spiro atoms. The summed E-state index contributed by atoms with van der Waals surface area (Å²) in [5.41, 5.74) is 1.94. The summed E-state index contributed by atoms with van der Waals surface area (Å²) in [6, 6.07) is 8.10. The van der Waals surface area contributed by atoms with Gasteiger partial charge in [-0.3, -0.25) is 9.78 Å². The maximum atomic E-state index is 11.9. The number of hydrogen-bond donors (Lipinski definition) is 2. The Morgan fingerprint density at radius 3 is 2.95 bits per heavy atom. The average molecular weight is 277 g/mol. The smallest absolute Gasteiger partial charge is 0.255 e. The number of carbonyl (C=O) groups is 1. The van der Waals surface area contributed by atoms with Crippen LogP contribution in [0.1, 0.15) is 21.6 Å². The first-order valence-corrected chi connectivity index (χ1v) is 6.13. The molecule has 98 valence electrons. The van der Waals surface area contributed by atoms with Crippen LogP contribution in [0.5, 0.6) is 5.75 Å². The van der Waals surface area contributed by atoms with Gasteiger partial charge in [-0.2, -0.15) is 0 Å². The predicted molar refractivity (Wildman–Crippen MR) is 73.3 cm³/mol. The number of phenols is 1. The molecule has 0 unspecified atom stereocenters. The Morgan fingerprint density at radius 2 is 2.21 bits per heavy atom. The summed E-state index contributed by atoms with van der Waals surface area (Å²) in [6.07, 6.45) is 1.67. The standard InChI is InChI=1S/C14H13ClN2O2/c1-9-3-2-6-16-12(9)8-17-14(19)11-7-10(15)4-5-13(11)18/h2-7,18H,8H2,1H3,(H,17,19). The monoisotopic (exact) mass is 276 g/mol. The van der Waals surface area contributed by atoms with E-state index in [1.165, 1.54) is 18.2 Å². The van der Waals surface area contributed by atoms with Crippen LogP contribution in [0.3, 0.4) is 0 Å². The van der Waals surface area contributed by atoms with Gasteiger partial charge >= 0.3 is 0 Å². The quantitative estimate of drug-likeness (QED) is 0.906. The molecule has 0 saturated carbocycles. The molecule has 5 heteroatoms. The number of aromatic hydroxyl groups is 1. The molecule has 1 aromatic heterocycles. The van der Waals surface area contributed by atoms with Crippen molar-refractivity contribution >= 4 is 17.5 Å². The lowest BCUT2D eigenvalue weighted by Gasteiger charge is -2.08. The van der Waals surface area contributed by atoms with Gasteiger partial charge in [0, 0.05) is 11.2 Å². The van der Waals surface area contributed by atoms with E-state index in [1.807, 2.05) is 19.1 Å². The minimum Gasteiger partial charge on any atom is -0.507 e. The molecular weight excluding hydrogens is 264 g/mol. The molecule has 2 rings (SSSR count). The summed E-state index contributed by atoms with van der Waals surface area (Å²) in [5.74, 6) is -0.482. The number of rotatable bonds is 3. The zero-order valence-corrected chi connectivity index (χ0v) is 11.1. The van der Waals surface area contributed by atoms with Crippen LogP contribution in [-0.2, 0) is 6.54 Å². The number of phenolic OH excluding ortho intramolecular Hbond substituents is 1. The summed E-state index contributed by atoms with van der Waals surface area (Å²) < 4.78 is 0. The third kappa shape index (κ3) is 3.23. The minimum atomic E-state index is -0.384. The van der Waals surface area contributed by atoms with E-state index in [-0.39, 0.29) is 17.2 Å². The summed E-state index contributed by atoms with van der Waals surface area (Å²) in [5, 5.41) is 12.7. The first kappa shape index (κ1) is 13.4. The van der Waals surface area contributed by atoms with Crippen LogP contribution in [-0.4, -0.2) is 16.0 Å². The summed E-state index contributed by atoms with van der Waals surface area (Å²) in [7, 11) is 0. The van der Waals surface area contributed by atoms with Crippen molar-refractivity contribution < 1.29 is 9.90 Å². The van der Waals surface area contributed by atoms with Crippen molar-refractivity contribution in [1.29, 1.82) is 0 Å². The van der Waals surface area contributed by atoms with Crippen molar-refractivity contribution in [1.82, 2.24) is 10.3 Å². The number of aromatic nitrogens is 1. The fourth-order valence-electron chi connectivity index (χ4n) is 1.65. The second-order valence-electron chi connectivity index (χ2n) is 4.11. The molecule has 2 aromatic rings. The van der Waals surface area contributed by atoms with E-state index in [1.54, 1.807) is 6.20 Å². The fourth-order valence-corrected chi connectivity index (χ4v) is 1.82. The van der Waals surface area contributed by atoms with Crippen molar-refractivity contribution in [3.8, 4) is 5.75 Å². The van der Waals surface area contributed by atoms with Crippen molar-refractivity contribution in [3.63, 3.8) is 0 Å². The van der Waals surface area contributed by atoms with Gasteiger partial charge in [0.1, 0.15) is 5.75 Å². The van der Waals surface area contributed by atoms with E-state index < -0.39 is 0 Å². The first-order valence-electron chi connectivity index (χ1n) is 5.75. The normalized spacial score (nSPS) is 10.2. The molecule has 19 heavy (non-hydrogen) atoms. The second kappa shape index (κ2) is 5.71. The number of benzene rings is 1. The number of nitrogens with one attached hydrogen (secondary N) is 1. The van der Waals surface area contributed by atoms with Crippen LogP contribution in [0.2, 0.25) is 5.02 Å². The number of halogens is 1. The molecule has 1 aromatic carbocycles. The van der Waals surface area contributed by atoms with Crippen molar-refractivity contribution in [2.45, 2.75) is 13.5 Å². The van der Waals surface area contributed by atoms with Crippen LogP contribution >= 0.6 is 11.6 Å². The number of carbonyl (C=O) groups excluding carboxylic acids is 1. The van der Waals surface area contributed by atoms with E-state index in [0.717, 1.165) is 11.3 Å². The lowest BCUT2D eigenvalue weighted by Crippen LogP contribution is -2.23. The van der Waals surface area contributed by atoms with Crippen LogP contribution in [0.4, 0.5) is 0 Å². The maximum absolute atomic E-state index is 11.9. The van der Waals surface area contributed by atoms with Crippen molar-refractivity contribution in [2.75, 3.05) is 0 Å². The molecule has 4 nitrogen and oxygen atoms in total. The van der Waals surface area contributed by atoms with Crippen LogP contribution < -0.4 is 5.32 Å². The Kier molecular flexibility index (Phi) is 4.02. The highest BCUT2D eigenvalue weighted by atomic mass is 35.5. The van der Waals surface area contributed by atoms with Gasteiger partial charge in [0.25, 0.3) is 5.91 Å². The van der Waals surface area contributed by atoms with Crippen LogP contribution in [0.15, 0.2) is 36.5 Å². The van der Waals surface area contributed by atoms with Gasteiger partial charge in [-0.1, -0.05) is 17.7 Å². The van der Waals surface area contributed by atoms with Crippen LogP contribution in [0.25, 0.3) is 0 Å². The predicted octanol–water partition coefficient (Wildman–Crippen LogP) is 2.68. The molecule has 0 bridgehead atoms. The lowest BCUT2D eigenvalue weighted by molar-refractivity contribution is 0.0947. The number of nitrogens with zero attached hydrogens (tertiary/aromatic N) is 1. The van der Waals surface area contributed by atoms with E-state index in [9.17, 15) is 9.90 Å². The molecule has 0 radical (unpaired) electrons. The molecule has 0 fully saturated rings. The van der Waals surface area contributed by atoms with E-state index in [2.05, 4.69) is 10.3 Å². The fraction of sp³-hybridized carbons (Fsp3) is 0.143. The van der Waals surface area contributed by atoms with E-state index in [4.69, 9.17) is 11.6 Å². The molecular formula is C14H13ClN2O2. The van der Waals surface area contributed by atoms with Gasteiger partial charge in [0.2, 0.25) is 0 Å². The Hall–Kier alpha value is -2.07. The molecule has 0 atom stereocenters. The highest BCUT2D eigenvalue weighted by molar-refractivity contribution is 6.31. The number of pyridine rings is 1. The van der Waals surface area contributed by atoms with E-state index in [0.29, 0.717) is 11.6 Å². The molecule has 0 aliphatic carbocycles. The van der Waals surface area contributed by atoms with Gasteiger partial charge in [0.15, 0.2) is 0 Å². The molecule has 2 N–H and O–H groups in total. The topological polar surface area (TPSA) is 62.2 Å². The molecule has 1 heterocycles. The Labute approximate surface area is 116 Å². The SMILES string of the molecule is Cc1cccnc1CNC(=O)c1cc(Cl)ccc1O. The Morgan fingerprint density at radius 1 is 1.42 bits per heavy atom. The first-order chi connectivity index (χ1) is 9.08. The summed E-state index contributed by atoms with van der Waals surface area (Å²) >= 11 is 5.80. The summed E-state index contributed by atoms with van der Waals surface area (Å²) in [6.45, 7) is 2.23. The third-order valence-corrected chi connectivity index (χ3v) is 2.97. The third-order valence-electron chi connectivity index (χ3n) is 2.74. The zero-order valence-electron chi connectivity index (χ0n) is 10.4. The number of amides is 1. The lowest BCUT2D eigenvalue weighted by atomic mass is 10.1. The Bertz CT molecular complexity index is 614. The molecule has 1 amide bonds. The number of hydrogen-bond acceptors (Lipinski definition) is 3. The molecule has 0 aliphatic rings. The van der Waals surface area contributed by atoms with E-state index >= 15 is 0 Å². The van der Waals surface area contributed by atoms with Crippen LogP contribution in [0, 0.1) is 6.92 Å². The van der Waals surface area contributed by atoms with Gasteiger partial charge in [-0.05, 0) is 36.8 Å². The molecule has 0 aliphatic heterocycles. The second-order valence-corrected chi connectivity index (χ2v) is 4.55. The number of aryl methyl sites for hydroxylation is 1. The highest BCUT2D eigenvalue weighted by Gasteiger charge is 2.12. The zero-order chi connectivity index (χ0) is 13.8. The summed E-state index contributed by atoms with van der Waals surface area (Å²) in [4.78, 5) is 16.1. The van der Waals surface area contributed by atoms with Gasteiger partial charge in [-0.25, -0.2) is 0 Å². The van der Waals surface area contributed by atoms with Gasteiger partial charge < -0.3 is 10.4 Å². The largest absolute Gasteiger partial charge is 0.507 e. The minimum absolute atomic E-state index is 0.0976. The van der Waals surface area contributed by atoms with Gasteiger partial charge in [0.05, 0.1) is 17.8 Å². The average Bonchev–Trinajstić information content (AvgIpc) is 2.40.